The quantitative estimate of drug-likeness (QED) is 0.718. The third kappa shape index (κ3) is 4.47. The molecule has 8 heteroatoms. The highest BCUT2D eigenvalue weighted by atomic mass is 32.2. The first-order valence-corrected chi connectivity index (χ1v) is 9.61. The minimum absolute atomic E-state index is 0.0349. The third-order valence-corrected chi connectivity index (χ3v) is 5.16. The molecule has 0 bridgehead atoms. The van der Waals surface area contributed by atoms with Gasteiger partial charge in [-0.1, -0.05) is 0 Å². The zero-order valence-electron chi connectivity index (χ0n) is 13.9. The lowest BCUT2D eigenvalue weighted by Crippen LogP contribution is -2.35. The van der Waals surface area contributed by atoms with Gasteiger partial charge in [0.2, 0.25) is 15.9 Å². The van der Waals surface area contributed by atoms with Crippen molar-refractivity contribution in [3.63, 3.8) is 0 Å². The average molecular weight is 354 g/mol. The van der Waals surface area contributed by atoms with Gasteiger partial charge in [0.05, 0.1) is 24.6 Å². The van der Waals surface area contributed by atoms with E-state index in [9.17, 15) is 18.0 Å². The number of rotatable bonds is 6. The van der Waals surface area contributed by atoms with Gasteiger partial charge < -0.3 is 9.64 Å². The molecule has 1 aromatic carbocycles. The molecular weight excluding hydrogens is 332 g/mol. The van der Waals surface area contributed by atoms with Crippen LogP contribution >= 0.6 is 0 Å². The van der Waals surface area contributed by atoms with Gasteiger partial charge in [-0.15, -0.1) is 0 Å². The van der Waals surface area contributed by atoms with Crippen LogP contribution in [0.25, 0.3) is 0 Å². The Kier molecular flexibility index (Phi) is 5.82. The Morgan fingerprint density at radius 2 is 1.75 bits per heavy atom. The second-order valence-electron chi connectivity index (χ2n) is 5.71. The van der Waals surface area contributed by atoms with E-state index in [-0.39, 0.29) is 18.9 Å². The molecule has 0 aliphatic carbocycles. The number of sulfonamides is 1. The van der Waals surface area contributed by atoms with Gasteiger partial charge in [-0.3, -0.25) is 9.10 Å². The molecule has 24 heavy (non-hydrogen) atoms. The van der Waals surface area contributed by atoms with Crippen molar-refractivity contribution in [1.29, 1.82) is 0 Å². The molecular formula is C16H22N2O5S. The molecule has 1 fully saturated rings. The van der Waals surface area contributed by atoms with Gasteiger partial charge in [0, 0.05) is 26.1 Å². The molecule has 1 aliphatic rings. The van der Waals surface area contributed by atoms with Crippen LogP contribution in [-0.2, 0) is 19.6 Å². The fourth-order valence-electron chi connectivity index (χ4n) is 2.69. The van der Waals surface area contributed by atoms with Crippen molar-refractivity contribution >= 4 is 27.6 Å². The molecule has 132 valence electrons. The topological polar surface area (TPSA) is 84.0 Å². The van der Waals surface area contributed by atoms with Crippen LogP contribution in [0.1, 0.15) is 29.6 Å². The summed E-state index contributed by atoms with van der Waals surface area (Å²) in [7, 11) is -2.25. The number of likely N-dealkylation sites (tertiary alicyclic amines) is 1. The van der Waals surface area contributed by atoms with E-state index in [0.717, 1.165) is 32.2 Å². The lowest BCUT2D eigenvalue weighted by atomic mass is 10.2. The van der Waals surface area contributed by atoms with Crippen LogP contribution in [-0.4, -0.2) is 58.2 Å². The summed E-state index contributed by atoms with van der Waals surface area (Å²) in [6.07, 6.45) is 3.22. The summed E-state index contributed by atoms with van der Waals surface area (Å²) in [5.74, 6) is -0.524. The summed E-state index contributed by atoms with van der Waals surface area (Å²) in [5.41, 5.74) is 0.752. The second kappa shape index (κ2) is 7.65. The number of ether oxygens (including phenoxy) is 1. The zero-order valence-corrected chi connectivity index (χ0v) is 14.7. The summed E-state index contributed by atoms with van der Waals surface area (Å²) in [6.45, 7) is 1.56. The maximum atomic E-state index is 12.1. The van der Waals surface area contributed by atoms with Gasteiger partial charge in [-0.25, -0.2) is 13.2 Å². The first-order chi connectivity index (χ1) is 11.3. The van der Waals surface area contributed by atoms with Crippen molar-refractivity contribution in [3.05, 3.63) is 29.8 Å². The van der Waals surface area contributed by atoms with Crippen LogP contribution < -0.4 is 4.31 Å². The number of hydrogen-bond donors (Lipinski definition) is 0. The monoisotopic (exact) mass is 354 g/mol. The Hall–Kier alpha value is -2.09. The normalized spacial score (nSPS) is 14.5. The molecule has 0 atom stereocenters. The molecule has 0 N–H and O–H groups in total. The number of esters is 1. The highest BCUT2D eigenvalue weighted by molar-refractivity contribution is 7.92. The van der Waals surface area contributed by atoms with Crippen LogP contribution in [0.5, 0.6) is 0 Å². The lowest BCUT2D eigenvalue weighted by Gasteiger charge is -2.23. The van der Waals surface area contributed by atoms with Crippen molar-refractivity contribution in [2.75, 3.05) is 37.3 Å². The van der Waals surface area contributed by atoms with Gasteiger partial charge in [-0.2, -0.15) is 0 Å². The molecule has 0 spiro atoms. The van der Waals surface area contributed by atoms with Gasteiger partial charge in [0.15, 0.2) is 0 Å². The molecule has 1 saturated heterocycles. The predicted octanol–water partition coefficient (Wildman–Crippen LogP) is 1.25. The van der Waals surface area contributed by atoms with Gasteiger partial charge >= 0.3 is 5.97 Å². The molecule has 1 heterocycles. The van der Waals surface area contributed by atoms with E-state index in [1.165, 1.54) is 35.7 Å². The molecule has 1 amide bonds. The Labute approximate surface area is 142 Å². The standard InChI is InChI=1S/C16H22N2O5S/c1-23-16(20)13-5-7-14(8-6-13)18(24(2,21)22)12-9-15(19)17-10-3-4-11-17/h5-8H,3-4,9-12H2,1-2H3. The molecule has 0 unspecified atom stereocenters. The number of carbonyl (C=O) groups excluding carboxylic acids is 2. The maximum Gasteiger partial charge on any atom is 0.337 e. The first kappa shape index (κ1) is 18.3. The maximum absolute atomic E-state index is 12.1. The number of carbonyl (C=O) groups is 2. The van der Waals surface area contributed by atoms with Crippen molar-refractivity contribution in [2.24, 2.45) is 0 Å². The Balaban J connectivity index is 2.11. The van der Waals surface area contributed by atoms with Gasteiger partial charge in [-0.05, 0) is 37.1 Å². The number of methoxy groups -OCH3 is 1. The summed E-state index contributed by atoms with van der Waals surface area (Å²) in [4.78, 5) is 25.3. The molecule has 0 saturated carbocycles. The predicted molar refractivity (Wildman–Crippen MR) is 90.4 cm³/mol. The SMILES string of the molecule is COC(=O)c1ccc(N(CCC(=O)N2CCCC2)S(C)(=O)=O)cc1. The summed E-state index contributed by atoms with van der Waals surface area (Å²) in [5, 5.41) is 0. The minimum Gasteiger partial charge on any atom is -0.465 e. The highest BCUT2D eigenvalue weighted by Gasteiger charge is 2.22. The van der Waals surface area contributed by atoms with E-state index in [0.29, 0.717) is 11.3 Å². The molecule has 2 rings (SSSR count). The largest absolute Gasteiger partial charge is 0.465 e. The fraction of sp³-hybridized carbons (Fsp3) is 0.500. The Morgan fingerprint density at radius 3 is 2.25 bits per heavy atom. The zero-order chi connectivity index (χ0) is 17.7. The molecule has 1 aromatic rings. The summed E-state index contributed by atoms with van der Waals surface area (Å²) >= 11 is 0. The highest BCUT2D eigenvalue weighted by Crippen LogP contribution is 2.20. The number of amides is 1. The lowest BCUT2D eigenvalue weighted by molar-refractivity contribution is -0.129. The van der Waals surface area contributed by atoms with E-state index in [4.69, 9.17) is 0 Å². The minimum atomic E-state index is -3.53. The number of anilines is 1. The van der Waals surface area contributed by atoms with E-state index in [1.807, 2.05) is 0 Å². The second-order valence-corrected chi connectivity index (χ2v) is 7.62. The van der Waals surface area contributed by atoms with E-state index < -0.39 is 16.0 Å². The number of benzene rings is 1. The fourth-order valence-corrected chi connectivity index (χ4v) is 3.62. The van der Waals surface area contributed by atoms with Gasteiger partial charge in [0.1, 0.15) is 0 Å². The van der Waals surface area contributed by atoms with Crippen LogP contribution in [0.15, 0.2) is 24.3 Å². The molecule has 0 aromatic heterocycles. The van der Waals surface area contributed by atoms with E-state index in [1.54, 1.807) is 4.90 Å². The van der Waals surface area contributed by atoms with Crippen LogP contribution in [0, 0.1) is 0 Å². The van der Waals surface area contributed by atoms with Crippen molar-refractivity contribution in [1.82, 2.24) is 4.90 Å². The number of nitrogens with zero attached hydrogens (tertiary/aromatic N) is 2. The van der Waals surface area contributed by atoms with Crippen molar-refractivity contribution in [2.45, 2.75) is 19.3 Å². The smallest absolute Gasteiger partial charge is 0.337 e. The molecule has 7 nitrogen and oxygen atoms in total. The summed E-state index contributed by atoms with van der Waals surface area (Å²) < 4.78 is 29.9. The Morgan fingerprint density at radius 1 is 1.17 bits per heavy atom. The van der Waals surface area contributed by atoms with Crippen LogP contribution in [0.2, 0.25) is 0 Å². The Bertz CT molecular complexity index is 694. The van der Waals surface area contributed by atoms with Gasteiger partial charge in [0.25, 0.3) is 0 Å². The van der Waals surface area contributed by atoms with Crippen molar-refractivity contribution < 1.29 is 22.7 Å². The van der Waals surface area contributed by atoms with Crippen LogP contribution in [0.4, 0.5) is 5.69 Å². The van der Waals surface area contributed by atoms with Crippen LogP contribution in [0.3, 0.4) is 0 Å². The molecule has 1 aliphatic heterocycles. The molecule has 0 radical (unpaired) electrons. The van der Waals surface area contributed by atoms with E-state index >= 15 is 0 Å². The van der Waals surface area contributed by atoms with E-state index in [2.05, 4.69) is 4.74 Å². The summed E-state index contributed by atoms with van der Waals surface area (Å²) in [6, 6.07) is 6.07. The average Bonchev–Trinajstić information content (AvgIpc) is 3.08. The number of hydrogen-bond acceptors (Lipinski definition) is 5. The third-order valence-electron chi connectivity index (χ3n) is 3.96. The first-order valence-electron chi connectivity index (χ1n) is 7.77. The van der Waals surface area contributed by atoms with Crippen molar-refractivity contribution in [3.8, 4) is 0 Å².